The fourth-order valence-electron chi connectivity index (χ4n) is 2.34. The summed E-state index contributed by atoms with van der Waals surface area (Å²) in [5.41, 5.74) is 0. The third-order valence-corrected chi connectivity index (χ3v) is 3.82. The van der Waals surface area contributed by atoms with Crippen LogP contribution in [0.25, 0.3) is 0 Å². The van der Waals surface area contributed by atoms with Gasteiger partial charge < -0.3 is 34.2 Å². The van der Waals surface area contributed by atoms with Crippen LogP contribution < -0.4 is 26.1 Å². The lowest BCUT2D eigenvalue weighted by Crippen LogP contribution is -3.00. The molecular formula is C18H34BBrF4N4. The molecule has 0 saturated heterocycles. The van der Waals surface area contributed by atoms with Crippen molar-refractivity contribution in [2.45, 2.75) is 72.5 Å². The van der Waals surface area contributed by atoms with Crippen molar-refractivity contribution in [3.8, 4) is 0 Å². The zero-order chi connectivity index (χ0) is 20.7. The van der Waals surface area contributed by atoms with Gasteiger partial charge in [-0.15, -0.1) is 0 Å². The van der Waals surface area contributed by atoms with Gasteiger partial charge in [0.15, 0.2) is 0 Å². The molecule has 0 N–H and O–H groups in total. The van der Waals surface area contributed by atoms with E-state index < -0.39 is 7.25 Å². The van der Waals surface area contributed by atoms with Crippen molar-refractivity contribution in [3.63, 3.8) is 0 Å². The predicted octanol–water partition coefficient (Wildman–Crippen LogP) is 1.40. The number of imidazole rings is 2. The molecule has 0 unspecified atom stereocenters. The minimum atomic E-state index is -6.00. The van der Waals surface area contributed by atoms with E-state index in [0.717, 1.165) is 13.1 Å². The molecule has 164 valence electrons. The molecule has 2 heterocycles. The first-order valence-electron chi connectivity index (χ1n) is 9.62. The predicted molar refractivity (Wildman–Crippen MR) is 101 cm³/mol. The normalized spacial score (nSPS) is 10.3. The maximum Gasteiger partial charge on any atom is 0.673 e. The molecule has 0 atom stereocenters. The summed E-state index contributed by atoms with van der Waals surface area (Å²) in [7, 11) is -3.94. The monoisotopic (exact) mass is 472 g/mol. The molecule has 2 aromatic heterocycles. The Kier molecular flexibility index (Phi) is 17.2. The van der Waals surface area contributed by atoms with Crippen molar-refractivity contribution < 1.29 is 43.4 Å². The minimum Gasteiger partial charge on any atom is -1.00 e. The Labute approximate surface area is 177 Å². The highest BCUT2D eigenvalue weighted by Crippen LogP contribution is 2.06. The molecule has 0 aliphatic heterocycles. The number of halogens is 5. The van der Waals surface area contributed by atoms with Gasteiger partial charge in [0.05, 0.1) is 26.7 Å². The molecule has 2 aromatic rings. The van der Waals surface area contributed by atoms with Crippen LogP contribution in [0.1, 0.15) is 52.9 Å². The first kappa shape index (κ1) is 28.9. The molecule has 0 spiro atoms. The van der Waals surface area contributed by atoms with Crippen LogP contribution in [0.5, 0.6) is 0 Å². The number of unbranched alkanes of at least 4 members (excludes halogenated alkanes) is 4. The number of rotatable bonds is 8. The second-order valence-electron chi connectivity index (χ2n) is 6.30. The van der Waals surface area contributed by atoms with Crippen LogP contribution in [0.2, 0.25) is 0 Å². The molecule has 0 aliphatic rings. The second kappa shape index (κ2) is 16.6. The van der Waals surface area contributed by atoms with Crippen molar-refractivity contribution in [2.75, 3.05) is 0 Å². The van der Waals surface area contributed by atoms with Crippen molar-refractivity contribution >= 4 is 7.25 Å². The Morgan fingerprint density at radius 2 is 1.39 bits per heavy atom. The van der Waals surface area contributed by atoms with Gasteiger partial charge >= 0.3 is 7.25 Å². The Balaban J connectivity index is 0. The third-order valence-electron chi connectivity index (χ3n) is 3.82. The van der Waals surface area contributed by atoms with Gasteiger partial charge in [0.2, 0.25) is 12.7 Å². The first-order valence-corrected chi connectivity index (χ1v) is 9.62. The standard InChI is InChI=1S/C11H21N2.C7H13N2.BF4.BrH/c1-3-4-5-6-7-8-13-10-9-12(2)11-13;1-3-8-5-6-9(4-2)7-8;2-1(3,4)5;/h9-11H,3-8H2,1-2H3;5-7H,3-4H2,1-2H3;;1H/q2*+1;-1;/p-1. The fourth-order valence-corrected chi connectivity index (χ4v) is 2.34. The quantitative estimate of drug-likeness (QED) is 0.239. The molecule has 10 heteroatoms. The van der Waals surface area contributed by atoms with Gasteiger partial charge in [-0.1, -0.05) is 26.2 Å². The molecule has 0 saturated carbocycles. The van der Waals surface area contributed by atoms with E-state index in [2.05, 4.69) is 83.5 Å². The summed E-state index contributed by atoms with van der Waals surface area (Å²) in [5, 5.41) is 0. The van der Waals surface area contributed by atoms with E-state index in [0.29, 0.717) is 0 Å². The number of nitrogens with zero attached hydrogens (tertiary/aromatic N) is 4. The van der Waals surface area contributed by atoms with Gasteiger partial charge in [0.25, 0.3) is 0 Å². The van der Waals surface area contributed by atoms with Gasteiger partial charge in [-0.05, 0) is 26.7 Å². The molecule has 28 heavy (non-hydrogen) atoms. The number of aromatic nitrogens is 4. The zero-order valence-corrected chi connectivity index (χ0v) is 19.0. The van der Waals surface area contributed by atoms with Crippen LogP contribution >= 0.6 is 0 Å². The maximum atomic E-state index is 9.75. The van der Waals surface area contributed by atoms with Crippen LogP contribution in [0.4, 0.5) is 17.3 Å². The smallest absolute Gasteiger partial charge is 0.673 e. The maximum absolute atomic E-state index is 9.75. The molecule has 0 radical (unpaired) electrons. The van der Waals surface area contributed by atoms with Gasteiger partial charge in [0, 0.05) is 0 Å². The SMILES string of the molecule is CCCCCCCn1cc[n+](C)c1.CCn1cc[n+](CC)c1.F[B-](F)(F)F.[Br-]. The van der Waals surface area contributed by atoms with E-state index in [1.807, 2.05) is 0 Å². The van der Waals surface area contributed by atoms with E-state index >= 15 is 0 Å². The van der Waals surface area contributed by atoms with Crippen LogP contribution in [0.3, 0.4) is 0 Å². The second-order valence-corrected chi connectivity index (χ2v) is 6.30. The van der Waals surface area contributed by atoms with Crippen molar-refractivity contribution in [1.29, 1.82) is 0 Å². The lowest BCUT2D eigenvalue weighted by Gasteiger charge is -1.97. The van der Waals surface area contributed by atoms with Gasteiger partial charge in [-0.25, -0.2) is 18.3 Å². The number of hydrogen-bond acceptors (Lipinski definition) is 0. The van der Waals surface area contributed by atoms with E-state index in [1.165, 1.54) is 38.6 Å². The van der Waals surface area contributed by atoms with Gasteiger partial charge in [0.1, 0.15) is 24.8 Å². The molecule has 0 aliphatic carbocycles. The number of aryl methyl sites for hydroxylation is 4. The van der Waals surface area contributed by atoms with Gasteiger partial charge in [-0.3, -0.25) is 0 Å². The van der Waals surface area contributed by atoms with E-state index in [-0.39, 0.29) is 17.0 Å². The van der Waals surface area contributed by atoms with Crippen molar-refractivity contribution in [2.24, 2.45) is 7.05 Å². The summed E-state index contributed by atoms with van der Waals surface area (Å²) in [5.74, 6) is 0. The number of hydrogen-bond donors (Lipinski definition) is 0. The Bertz CT molecular complexity index is 578. The topological polar surface area (TPSA) is 17.6 Å². The highest BCUT2D eigenvalue weighted by atomic mass is 79.9. The largest absolute Gasteiger partial charge is 1.00 e. The highest BCUT2D eigenvalue weighted by Gasteiger charge is 2.20. The molecule has 4 nitrogen and oxygen atoms in total. The molecule has 0 bridgehead atoms. The van der Waals surface area contributed by atoms with Gasteiger partial charge in [-0.2, -0.15) is 0 Å². The van der Waals surface area contributed by atoms with Crippen LogP contribution in [-0.4, -0.2) is 16.4 Å². The summed E-state index contributed by atoms with van der Waals surface area (Å²) in [4.78, 5) is 0. The molecule has 0 fully saturated rings. The molecule has 0 amide bonds. The Hall–Kier alpha value is -1.32. The van der Waals surface area contributed by atoms with Crippen LogP contribution in [0.15, 0.2) is 37.4 Å². The average molecular weight is 473 g/mol. The first-order chi connectivity index (χ1) is 12.7. The van der Waals surface area contributed by atoms with E-state index in [4.69, 9.17) is 0 Å². The summed E-state index contributed by atoms with van der Waals surface area (Å²) in [6.07, 6.45) is 19.4. The van der Waals surface area contributed by atoms with E-state index in [1.54, 1.807) is 0 Å². The van der Waals surface area contributed by atoms with Crippen molar-refractivity contribution in [3.05, 3.63) is 37.4 Å². The minimum absolute atomic E-state index is 0. The lowest BCUT2D eigenvalue weighted by atomic mass is 10.1. The summed E-state index contributed by atoms with van der Waals surface area (Å²) >= 11 is 0. The van der Waals surface area contributed by atoms with Crippen molar-refractivity contribution in [1.82, 2.24) is 9.13 Å². The Morgan fingerprint density at radius 1 is 0.821 bits per heavy atom. The summed E-state index contributed by atoms with van der Waals surface area (Å²) < 4.78 is 47.7. The lowest BCUT2D eigenvalue weighted by molar-refractivity contribution is -0.693. The molecule has 0 aromatic carbocycles. The summed E-state index contributed by atoms with van der Waals surface area (Å²) in [6.45, 7) is 9.83. The molecular weight excluding hydrogens is 439 g/mol. The fraction of sp³-hybridized carbons (Fsp3) is 0.667. The van der Waals surface area contributed by atoms with E-state index in [9.17, 15) is 17.3 Å². The highest BCUT2D eigenvalue weighted by molar-refractivity contribution is 6.50. The zero-order valence-electron chi connectivity index (χ0n) is 17.4. The van der Waals surface area contributed by atoms with Crippen LogP contribution in [0, 0.1) is 0 Å². The summed E-state index contributed by atoms with van der Waals surface area (Å²) in [6, 6.07) is 0. The third kappa shape index (κ3) is 18.1. The molecule has 2 rings (SSSR count). The average Bonchev–Trinajstić information content (AvgIpc) is 3.22. The Morgan fingerprint density at radius 3 is 1.79 bits per heavy atom. The van der Waals surface area contributed by atoms with Crippen LogP contribution in [-0.2, 0) is 26.7 Å².